The van der Waals surface area contributed by atoms with Crippen molar-refractivity contribution in [3.63, 3.8) is 0 Å². The van der Waals surface area contributed by atoms with E-state index in [0.29, 0.717) is 16.6 Å². The Morgan fingerprint density at radius 1 is 1.48 bits per heavy atom. The van der Waals surface area contributed by atoms with Crippen LogP contribution < -0.4 is 9.64 Å². The van der Waals surface area contributed by atoms with Gasteiger partial charge in [-0.05, 0) is 18.2 Å². The van der Waals surface area contributed by atoms with Gasteiger partial charge in [0.1, 0.15) is 11.8 Å². The fraction of sp³-hybridized carbons (Fsp3) is 0.267. The number of alkyl halides is 2. The maximum absolute atomic E-state index is 12.4. The predicted molar refractivity (Wildman–Crippen MR) is 76.4 cm³/mol. The van der Waals surface area contributed by atoms with Crippen LogP contribution in [0.4, 0.5) is 14.5 Å². The van der Waals surface area contributed by atoms with Crippen molar-refractivity contribution >= 4 is 22.6 Å². The summed E-state index contributed by atoms with van der Waals surface area (Å²) in [4.78, 5) is 16.8. The molecule has 6 nitrogen and oxygen atoms in total. The summed E-state index contributed by atoms with van der Waals surface area (Å²) in [5.41, 5.74) is 1.27. The molecule has 8 heteroatoms. The van der Waals surface area contributed by atoms with E-state index < -0.39 is 18.5 Å². The molecule has 1 aromatic heterocycles. The number of pyridine rings is 1. The van der Waals surface area contributed by atoms with Crippen molar-refractivity contribution < 1.29 is 23.4 Å². The predicted octanol–water partition coefficient (Wildman–Crippen LogP) is 2.23. The first kappa shape index (κ1) is 15.0. The van der Waals surface area contributed by atoms with Gasteiger partial charge in [0.15, 0.2) is 0 Å². The number of aliphatic carboxylic acids is 1. The van der Waals surface area contributed by atoms with Crippen molar-refractivity contribution in [2.75, 3.05) is 18.0 Å². The number of rotatable bonds is 4. The van der Waals surface area contributed by atoms with E-state index in [9.17, 15) is 18.8 Å². The summed E-state index contributed by atoms with van der Waals surface area (Å²) in [6.45, 7) is -2.45. The van der Waals surface area contributed by atoms with Crippen LogP contribution in [-0.2, 0) is 4.79 Å². The zero-order chi connectivity index (χ0) is 16.6. The Balaban J connectivity index is 2.06. The monoisotopic (exact) mass is 319 g/mol. The average molecular weight is 319 g/mol. The first-order valence-electron chi connectivity index (χ1n) is 6.75. The van der Waals surface area contributed by atoms with Crippen molar-refractivity contribution in [3.8, 4) is 11.8 Å². The Morgan fingerprint density at radius 3 is 2.83 bits per heavy atom. The van der Waals surface area contributed by atoms with Crippen LogP contribution in [0.1, 0.15) is 5.56 Å². The van der Waals surface area contributed by atoms with Crippen LogP contribution in [0.5, 0.6) is 5.75 Å². The van der Waals surface area contributed by atoms with Crippen molar-refractivity contribution in [2.45, 2.75) is 6.61 Å². The third kappa shape index (κ3) is 2.73. The Morgan fingerprint density at radius 2 is 2.22 bits per heavy atom. The van der Waals surface area contributed by atoms with Gasteiger partial charge in [0.25, 0.3) is 0 Å². The van der Waals surface area contributed by atoms with E-state index in [0.717, 1.165) is 0 Å². The summed E-state index contributed by atoms with van der Waals surface area (Å²) in [5, 5.41) is 18.7. The Kier molecular flexibility index (Phi) is 3.70. The smallest absolute Gasteiger partial charge is 0.387 e. The first-order valence-corrected chi connectivity index (χ1v) is 6.75. The van der Waals surface area contributed by atoms with Crippen LogP contribution in [0.2, 0.25) is 0 Å². The number of carbonyl (C=O) groups is 1. The number of fused-ring (bicyclic) bond motifs is 1. The molecule has 2 aromatic rings. The Hall–Kier alpha value is -2.95. The van der Waals surface area contributed by atoms with Crippen LogP contribution >= 0.6 is 0 Å². The second-order valence-corrected chi connectivity index (χ2v) is 5.13. The number of ether oxygens (including phenoxy) is 1. The molecule has 1 aliphatic heterocycles. The fourth-order valence-electron chi connectivity index (χ4n) is 2.57. The molecule has 1 aromatic carbocycles. The lowest BCUT2D eigenvalue weighted by molar-refractivity contribution is -0.142. The van der Waals surface area contributed by atoms with Crippen LogP contribution in [0, 0.1) is 17.2 Å². The highest BCUT2D eigenvalue weighted by Crippen LogP contribution is 2.36. The lowest BCUT2D eigenvalue weighted by atomic mass is 9.97. The number of carboxylic acids is 1. The second-order valence-electron chi connectivity index (χ2n) is 5.13. The van der Waals surface area contributed by atoms with Crippen molar-refractivity contribution in [1.82, 2.24) is 4.98 Å². The van der Waals surface area contributed by atoms with Crippen LogP contribution in [0.25, 0.3) is 10.9 Å². The zero-order valence-corrected chi connectivity index (χ0v) is 11.7. The number of hydrogen-bond donors (Lipinski definition) is 1. The summed E-state index contributed by atoms with van der Waals surface area (Å²) in [7, 11) is 0. The molecule has 1 N–H and O–H groups in total. The topological polar surface area (TPSA) is 86.5 Å². The van der Waals surface area contributed by atoms with E-state index >= 15 is 0 Å². The molecule has 0 unspecified atom stereocenters. The van der Waals surface area contributed by atoms with Gasteiger partial charge >= 0.3 is 12.6 Å². The molecular weight excluding hydrogens is 308 g/mol. The van der Waals surface area contributed by atoms with Gasteiger partial charge in [0.2, 0.25) is 0 Å². The van der Waals surface area contributed by atoms with Gasteiger partial charge in [-0.1, -0.05) is 0 Å². The van der Waals surface area contributed by atoms with Crippen molar-refractivity contribution in [2.24, 2.45) is 5.92 Å². The normalized spacial score (nSPS) is 14.6. The Bertz CT molecular complexity index is 813. The van der Waals surface area contributed by atoms with Crippen LogP contribution in [0.15, 0.2) is 24.4 Å². The lowest BCUT2D eigenvalue weighted by Gasteiger charge is -2.39. The van der Waals surface area contributed by atoms with Gasteiger partial charge < -0.3 is 14.7 Å². The third-order valence-corrected chi connectivity index (χ3v) is 3.70. The van der Waals surface area contributed by atoms with E-state index in [4.69, 9.17) is 5.11 Å². The zero-order valence-electron chi connectivity index (χ0n) is 11.7. The van der Waals surface area contributed by atoms with E-state index in [1.54, 1.807) is 4.90 Å². The number of benzene rings is 1. The van der Waals surface area contributed by atoms with Gasteiger partial charge in [-0.25, -0.2) is 0 Å². The summed E-state index contributed by atoms with van der Waals surface area (Å²) < 4.78 is 29.1. The molecule has 1 saturated heterocycles. The highest BCUT2D eigenvalue weighted by atomic mass is 19.3. The van der Waals surface area contributed by atoms with Crippen LogP contribution in [0.3, 0.4) is 0 Å². The minimum atomic E-state index is -2.96. The number of nitrogens with zero attached hydrogens (tertiary/aromatic N) is 3. The van der Waals surface area contributed by atoms with Gasteiger partial charge in [-0.2, -0.15) is 14.0 Å². The molecule has 1 fully saturated rings. The van der Waals surface area contributed by atoms with E-state index in [2.05, 4.69) is 9.72 Å². The Labute approximate surface area is 129 Å². The molecule has 0 bridgehead atoms. The summed E-state index contributed by atoms with van der Waals surface area (Å²) in [6, 6.07) is 6.28. The third-order valence-electron chi connectivity index (χ3n) is 3.70. The van der Waals surface area contributed by atoms with Gasteiger partial charge in [0, 0.05) is 24.7 Å². The minimum Gasteiger partial charge on any atom is -0.481 e. The van der Waals surface area contributed by atoms with Gasteiger partial charge in [-0.3, -0.25) is 9.78 Å². The van der Waals surface area contributed by atoms with E-state index in [1.807, 2.05) is 6.07 Å². The minimum absolute atomic E-state index is 0.0408. The fourth-order valence-corrected chi connectivity index (χ4v) is 2.57. The highest BCUT2D eigenvalue weighted by Gasteiger charge is 2.34. The summed E-state index contributed by atoms with van der Waals surface area (Å²) in [6.07, 6.45) is 1.39. The van der Waals surface area contributed by atoms with Crippen molar-refractivity contribution in [1.29, 1.82) is 5.26 Å². The molecule has 0 radical (unpaired) electrons. The maximum Gasteiger partial charge on any atom is 0.387 e. The molecule has 0 spiro atoms. The number of aromatic nitrogens is 1. The summed E-state index contributed by atoms with van der Waals surface area (Å²) >= 11 is 0. The molecule has 0 amide bonds. The SMILES string of the molecule is N#Cc1cnc2ccc(OC(F)F)cc2c1N1CC(C(=O)O)C1. The van der Waals surface area contributed by atoms with Crippen LogP contribution in [-0.4, -0.2) is 35.8 Å². The molecule has 3 rings (SSSR count). The highest BCUT2D eigenvalue weighted by molar-refractivity contribution is 5.96. The molecule has 23 heavy (non-hydrogen) atoms. The molecule has 0 atom stereocenters. The quantitative estimate of drug-likeness (QED) is 0.930. The molecular formula is C15H11F2N3O3. The van der Waals surface area contributed by atoms with Crippen molar-refractivity contribution in [3.05, 3.63) is 30.0 Å². The number of anilines is 1. The molecule has 0 aliphatic carbocycles. The number of nitriles is 1. The molecule has 1 aliphatic rings. The first-order chi connectivity index (χ1) is 11.0. The maximum atomic E-state index is 12.4. The standard InChI is InChI=1S/C15H11F2N3O3/c16-15(17)23-10-1-2-12-11(3-10)13(8(4-18)5-19-12)20-6-9(7-20)14(21)22/h1-3,5,9,15H,6-7H2,(H,21,22). The second kappa shape index (κ2) is 5.68. The number of hydrogen-bond acceptors (Lipinski definition) is 5. The molecule has 2 heterocycles. The summed E-state index contributed by atoms with van der Waals surface area (Å²) in [5.74, 6) is -1.45. The number of halogens is 2. The largest absolute Gasteiger partial charge is 0.481 e. The van der Waals surface area contributed by atoms with E-state index in [1.165, 1.54) is 24.4 Å². The van der Waals surface area contributed by atoms with Gasteiger partial charge in [-0.15, -0.1) is 0 Å². The van der Waals surface area contributed by atoms with Gasteiger partial charge in [0.05, 0.1) is 22.7 Å². The molecule has 118 valence electrons. The number of carboxylic acid groups (broad SMARTS) is 1. The average Bonchev–Trinajstić information content (AvgIpc) is 2.44. The molecule has 0 saturated carbocycles. The lowest BCUT2D eigenvalue weighted by Crippen LogP contribution is -2.50. The van der Waals surface area contributed by atoms with E-state index in [-0.39, 0.29) is 24.4 Å².